The fourth-order valence-corrected chi connectivity index (χ4v) is 8.57. The fourth-order valence-electron chi connectivity index (χ4n) is 6.27. The molecule has 0 spiro atoms. The van der Waals surface area contributed by atoms with Crippen LogP contribution in [0.3, 0.4) is 0 Å². The van der Waals surface area contributed by atoms with E-state index in [1.54, 1.807) is 24.3 Å². The Labute approximate surface area is 232 Å². The van der Waals surface area contributed by atoms with Crippen molar-refractivity contribution >= 4 is 55.3 Å². The Morgan fingerprint density at radius 1 is 0.784 bits per heavy atom. The number of hydrogen-bond donors (Lipinski definition) is 0. The van der Waals surface area contributed by atoms with Crippen molar-refractivity contribution in [2.24, 2.45) is 11.8 Å². The lowest BCUT2D eigenvalue weighted by atomic mass is 9.54. The zero-order valence-corrected chi connectivity index (χ0v) is 23.4. The molecule has 3 aromatic carbocycles. The van der Waals surface area contributed by atoms with Crippen molar-refractivity contribution < 1.29 is 19.1 Å². The third-order valence-corrected chi connectivity index (χ3v) is 10.6. The third-order valence-electron chi connectivity index (χ3n) is 7.93. The Morgan fingerprint density at radius 3 is 1.68 bits per heavy atom. The molecule has 0 aromatic heterocycles. The normalized spacial score (nSPS) is 27.1. The minimum absolute atomic E-state index is 0.255. The van der Waals surface area contributed by atoms with Crippen LogP contribution in [-0.4, -0.2) is 24.4 Å². The number of halogens is 2. The maximum absolute atomic E-state index is 14.1. The molecule has 188 valence electrons. The Kier molecular flexibility index (Phi) is 5.92. The second kappa shape index (κ2) is 8.91. The zero-order chi connectivity index (χ0) is 25.9. The van der Waals surface area contributed by atoms with Gasteiger partial charge in [-0.25, -0.2) is 9.69 Å². The van der Waals surface area contributed by atoms with Crippen LogP contribution >= 0.6 is 31.9 Å². The van der Waals surface area contributed by atoms with Crippen molar-refractivity contribution in [1.82, 2.24) is 0 Å². The summed E-state index contributed by atoms with van der Waals surface area (Å²) < 4.78 is 3.69. The molecule has 2 bridgehead atoms. The van der Waals surface area contributed by atoms with Gasteiger partial charge >= 0.3 is 5.97 Å². The average Bonchev–Trinajstić information content (AvgIpc) is 3.20. The number of rotatable bonds is 6. The SMILES string of the molecule is CCCCCOC(=O)c1ccc(N2C(=O)C3C(C2=O)C2(Br)c4ccccc4C3(Br)c3ccccc32)cc1. The van der Waals surface area contributed by atoms with E-state index in [2.05, 4.69) is 38.8 Å². The highest BCUT2D eigenvalue weighted by Gasteiger charge is 2.72. The predicted octanol–water partition coefficient (Wildman–Crippen LogP) is 6.44. The summed E-state index contributed by atoms with van der Waals surface area (Å²) in [7, 11) is 0. The van der Waals surface area contributed by atoms with Gasteiger partial charge in [0.1, 0.15) is 0 Å². The molecule has 4 aliphatic rings. The molecule has 1 saturated heterocycles. The van der Waals surface area contributed by atoms with Gasteiger partial charge in [0, 0.05) is 0 Å². The van der Waals surface area contributed by atoms with Crippen molar-refractivity contribution in [3.63, 3.8) is 0 Å². The molecule has 2 atom stereocenters. The molecular weight excluding hydrogens is 598 g/mol. The number of amides is 2. The summed E-state index contributed by atoms with van der Waals surface area (Å²) in [6, 6.07) is 22.6. The van der Waals surface area contributed by atoms with Gasteiger partial charge in [-0.2, -0.15) is 0 Å². The van der Waals surface area contributed by atoms with E-state index in [9.17, 15) is 14.4 Å². The van der Waals surface area contributed by atoms with E-state index in [1.807, 2.05) is 48.5 Å². The zero-order valence-electron chi connectivity index (χ0n) is 20.2. The molecule has 0 saturated carbocycles. The van der Waals surface area contributed by atoms with Crippen LogP contribution in [0.2, 0.25) is 0 Å². The van der Waals surface area contributed by atoms with Crippen molar-refractivity contribution in [2.75, 3.05) is 11.5 Å². The smallest absolute Gasteiger partial charge is 0.338 e. The van der Waals surface area contributed by atoms with Gasteiger partial charge in [-0.15, -0.1) is 0 Å². The topological polar surface area (TPSA) is 63.7 Å². The molecule has 7 heteroatoms. The molecule has 5 nitrogen and oxygen atoms in total. The molecule has 37 heavy (non-hydrogen) atoms. The van der Waals surface area contributed by atoms with Gasteiger partial charge in [-0.3, -0.25) is 9.59 Å². The Bertz CT molecular complexity index is 1310. The summed E-state index contributed by atoms with van der Waals surface area (Å²) >= 11 is 8.03. The highest BCUT2D eigenvalue weighted by atomic mass is 79.9. The van der Waals surface area contributed by atoms with Gasteiger partial charge in [-0.05, 0) is 52.9 Å². The minimum atomic E-state index is -0.829. The summed E-state index contributed by atoms with van der Waals surface area (Å²) in [5.74, 6) is -2.18. The molecule has 2 amide bonds. The van der Waals surface area contributed by atoms with E-state index < -0.39 is 26.5 Å². The van der Waals surface area contributed by atoms with Gasteiger partial charge in [0.25, 0.3) is 0 Å². The van der Waals surface area contributed by atoms with Gasteiger partial charge in [0.2, 0.25) is 11.8 Å². The van der Waals surface area contributed by atoms with Crippen LogP contribution in [0, 0.1) is 11.8 Å². The summed E-state index contributed by atoms with van der Waals surface area (Å²) in [6.07, 6.45) is 2.88. The predicted molar refractivity (Wildman–Crippen MR) is 148 cm³/mol. The molecule has 1 fully saturated rings. The van der Waals surface area contributed by atoms with Gasteiger partial charge in [0.05, 0.1) is 38.3 Å². The number of benzene rings is 3. The Balaban J connectivity index is 1.39. The lowest BCUT2D eigenvalue weighted by molar-refractivity contribution is -0.122. The third kappa shape index (κ3) is 3.29. The summed E-state index contributed by atoms with van der Waals surface area (Å²) in [4.78, 5) is 41.9. The van der Waals surface area contributed by atoms with Gasteiger partial charge < -0.3 is 4.74 Å². The van der Waals surface area contributed by atoms with E-state index in [0.29, 0.717) is 17.9 Å². The number of ether oxygens (including phenoxy) is 1. The highest BCUT2D eigenvalue weighted by molar-refractivity contribution is 9.10. The number of carbonyl (C=O) groups excluding carboxylic acids is 3. The molecule has 3 aromatic rings. The first kappa shape index (κ1) is 24.6. The Morgan fingerprint density at radius 2 is 1.24 bits per heavy atom. The fraction of sp³-hybridized carbons (Fsp3) is 0.300. The first-order valence-electron chi connectivity index (χ1n) is 12.6. The number of imide groups is 1. The van der Waals surface area contributed by atoms with Gasteiger partial charge in [0.15, 0.2) is 0 Å². The maximum Gasteiger partial charge on any atom is 0.338 e. The number of nitrogens with zero attached hydrogens (tertiary/aromatic N) is 1. The first-order chi connectivity index (χ1) is 17.8. The summed E-state index contributed by atoms with van der Waals surface area (Å²) in [5, 5.41) is 0. The van der Waals surface area contributed by atoms with Crippen molar-refractivity contribution in [1.29, 1.82) is 0 Å². The molecule has 7 rings (SSSR count). The molecule has 0 N–H and O–H groups in total. The van der Waals surface area contributed by atoms with E-state index in [4.69, 9.17) is 4.74 Å². The molecular formula is C30H25Br2NO4. The maximum atomic E-state index is 14.1. The summed E-state index contributed by atoms with van der Waals surface area (Å²) in [6.45, 7) is 2.47. The van der Waals surface area contributed by atoms with Crippen molar-refractivity contribution in [3.8, 4) is 0 Å². The number of alkyl halides is 2. The minimum Gasteiger partial charge on any atom is -0.462 e. The molecule has 0 radical (unpaired) electrons. The van der Waals surface area contributed by atoms with E-state index in [0.717, 1.165) is 41.5 Å². The number of carbonyl (C=O) groups is 3. The Hall–Kier alpha value is -2.77. The largest absolute Gasteiger partial charge is 0.462 e. The second-order valence-electron chi connectivity index (χ2n) is 9.87. The van der Waals surface area contributed by atoms with Gasteiger partial charge in [-0.1, -0.05) is 100 Å². The van der Waals surface area contributed by atoms with Crippen LogP contribution in [0.5, 0.6) is 0 Å². The van der Waals surface area contributed by atoms with Crippen LogP contribution in [0.25, 0.3) is 0 Å². The molecule has 1 aliphatic heterocycles. The van der Waals surface area contributed by atoms with E-state index >= 15 is 0 Å². The van der Waals surface area contributed by atoms with E-state index in [-0.39, 0.29) is 11.8 Å². The van der Waals surface area contributed by atoms with Crippen LogP contribution in [0.15, 0.2) is 72.8 Å². The highest BCUT2D eigenvalue weighted by Crippen LogP contribution is 2.70. The monoisotopic (exact) mass is 621 g/mol. The molecule has 1 heterocycles. The van der Waals surface area contributed by atoms with E-state index in [1.165, 1.54) is 4.90 Å². The lowest BCUT2D eigenvalue weighted by Crippen LogP contribution is -2.56. The number of esters is 1. The quantitative estimate of drug-likeness (QED) is 0.137. The molecule has 2 unspecified atom stereocenters. The summed E-state index contributed by atoms with van der Waals surface area (Å²) in [5.41, 5.74) is 4.83. The average molecular weight is 623 g/mol. The van der Waals surface area contributed by atoms with Crippen LogP contribution < -0.4 is 4.90 Å². The van der Waals surface area contributed by atoms with Crippen LogP contribution in [-0.2, 0) is 23.0 Å². The number of unbranched alkanes of at least 4 members (excludes halogenated alkanes) is 2. The lowest BCUT2D eigenvalue weighted by Gasteiger charge is -2.55. The van der Waals surface area contributed by atoms with Crippen molar-refractivity contribution in [2.45, 2.75) is 34.8 Å². The van der Waals surface area contributed by atoms with Crippen LogP contribution in [0.4, 0.5) is 5.69 Å². The first-order valence-corrected chi connectivity index (χ1v) is 14.2. The van der Waals surface area contributed by atoms with Crippen molar-refractivity contribution in [3.05, 3.63) is 101 Å². The molecule has 3 aliphatic carbocycles. The number of hydrogen-bond acceptors (Lipinski definition) is 4. The number of anilines is 1. The van der Waals surface area contributed by atoms with Crippen LogP contribution in [0.1, 0.15) is 58.8 Å². The second-order valence-corrected chi connectivity index (χ2v) is 12.4. The standard InChI is InChI=1S/C30H25Br2NO4/c1-2-3-8-17-37-28(36)18-13-15-19(16-14-18)33-26(34)24-25(27(33)35)30(32)21-10-5-4-9-20(21)29(24,31)22-11-6-7-12-23(22)30/h4-7,9-16,24-25H,2-3,8,17H2,1H3.